The molecule has 0 saturated heterocycles. The Balaban J connectivity index is 1.51. The lowest BCUT2D eigenvalue weighted by molar-refractivity contribution is -0.127. The normalized spacial score (nSPS) is 10.5. The zero-order chi connectivity index (χ0) is 19.9. The first-order valence-electron chi connectivity index (χ1n) is 8.71. The molecular formula is C20H22N4O2S2. The number of carbonyl (C=O) groups is 1. The number of carbonyl (C=O) groups excluding carboxylic acids is 1. The van der Waals surface area contributed by atoms with Crippen molar-refractivity contribution in [2.75, 3.05) is 25.2 Å². The van der Waals surface area contributed by atoms with Gasteiger partial charge in [0.25, 0.3) is 0 Å². The number of hydrogen-bond acceptors (Lipinski definition) is 7. The topological polar surface area (TPSA) is 67.3 Å². The van der Waals surface area contributed by atoms with Crippen molar-refractivity contribution >= 4 is 39.8 Å². The fourth-order valence-corrected chi connectivity index (χ4v) is 4.22. The van der Waals surface area contributed by atoms with Crippen molar-refractivity contribution in [2.45, 2.75) is 17.8 Å². The number of benzene rings is 2. The van der Waals surface area contributed by atoms with E-state index in [-0.39, 0.29) is 5.91 Å². The van der Waals surface area contributed by atoms with E-state index in [1.807, 2.05) is 55.5 Å². The highest BCUT2D eigenvalue weighted by molar-refractivity contribution is 8.01. The van der Waals surface area contributed by atoms with Crippen molar-refractivity contribution in [2.24, 2.45) is 0 Å². The molecule has 0 unspecified atom stereocenters. The molecule has 0 aliphatic carbocycles. The van der Waals surface area contributed by atoms with Gasteiger partial charge in [0.1, 0.15) is 5.75 Å². The average molecular weight is 415 g/mol. The van der Waals surface area contributed by atoms with Crippen LogP contribution in [0.5, 0.6) is 5.75 Å². The Bertz CT molecular complexity index is 945. The molecule has 8 heteroatoms. The zero-order valence-corrected chi connectivity index (χ0v) is 17.6. The minimum absolute atomic E-state index is 0.0384. The molecule has 0 bridgehead atoms. The van der Waals surface area contributed by atoms with Gasteiger partial charge in [-0.25, -0.2) is 0 Å². The number of rotatable bonds is 8. The molecule has 1 heterocycles. The minimum atomic E-state index is 0.0384. The van der Waals surface area contributed by atoms with Gasteiger partial charge in [-0.15, -0.1) is 10.2 Å². The summed E-state index contributed by atoms with van der Waals surface area (Å²) < 4.78 is 5.99. The van der Waals surface area contributed by atoms with E-state index in [2.05, 4.69) is 15.5 Å². The Morgan fingerprint density at radius 3 is 2.82 bits per heavy atom. The highest BCUT2D eigenvalue weighted by Crippen LogP contribution is 2.28. The fraction of sp³-hybridized carbons (Fsp3) is 0.250. The van der Waals surface area contributed by atoms with Crippen LogP contribution in [0.4, 0.5) is 10.8 Å². The van der Waals surface area contributed by atoms with E-state index in [9.17, 15) is 4.79 Å². The first-order valence-corrected chi connectivity index (χ1v) is 10.5. The molecule has 0 aliphatic rings. The summed E-state index contributed by atoms with van der Waals surface area (Å²) in [5.41, 5.74) is 3.17. The van der Waals surface area contributed by atoms with Crippen molar-refractivity contribution in [3.63, 3.8) is 0 Å². The van der Waals surface area contributed by atoms with Crippen LogP contribution in [0, 0.1) is 6.92 Å². The van der Waals surface area contributed by atoms with Gasteiger partial charge in [0, 0.05) is 19.3 Å². The number of nitrogens with one attached hydrogen (secondary N) is 1. The maximum absolute atomic E-state index is 12.4. The number of ether oxygens (including phenoxy) is 1. The summed E-state index contributed by atoms with van der Waals surface area (Å²) in [5.74, 6) is 1.14. The number of aromatic nitrogens is 2. The predicted octanol–water partition coefficient (Wildman–Crippen LogP) is 4.35. The van der Waals surface area contributed by atoms with Gasteiger partial charge >= 0.3 is 0 Å². The second kappa shape index (κ2) is 9.57. The molecule has 28 heavy (non-hydrogen) atoms. The Morgan fingerprint density at radius 2 is 2.04 bits per heavy atom. The maximum atomic E-state index is 12.4. The number of para-hydroxylation sites is 1. The van der Waals surface area contributed by atoms with E-state index < -0.39 is 0 Å². The summed E-state index contributed by atoms with van der Waals surface area (Å²) in [5, 5.41) is 12.3. The van der Waals surface area contributed by atoms with Crippen LogP contribution in [-0.4, -0.2) is 40.9 Å². The number of aryl methyl sites for hydroxylation is 1. The summed E-state index contributed by atoms with van der Waals surface area (Å²) >= 11 is 2.84. The van der Waals surface area contributed by atoms with Gasteiger partial charge in [-0.3, -0.25) is 4.79 Å². The molecule has 3 rings (SSSR count). The summed E-state index contributed by atoms with van der Waals surface area (Å²) in [6.45, 7) is 2.57. The quantitative estimate of drug-likeness (QED) is 0.553. The molecule has 146 valence electrons. The molecule has 3 aromatic rings. The van der Waals surface area contributed by atoms with Gasteiger partial charge in [-0.05, 0) is 36.2 Å². The number of methoxy groups -OCH3 is 1. The van der Waals surface area contributed by atoms with Crippen molar-refractivity contribution in [3.05, 3.63) is 59.7 Å². The Morgan fingerprint density at radius 1 is 1.21 bits per heavy atom. The summed E-state index contributed by atoms with van der Waals surface area (Å²) in [6, 6.07) is 15.7. The van der Waals surface area contributed by atoms with Crippen molar-refractivity contribution < 1.29 is 9.53 Å². The third kappa shape index (κ3) is 5.46. The molecule has 1 aromatic heterocycles. The predicted molar refractivity (Wildman–Crippen MR) is 115 cm³/mol. The number of hydrogen-bond donors (Lipinski definition) is 1. The highest BCUT2D eigenvalue weighted by atomic mass is 32.2. The lowest BCUT2D eigenvalue weighted by atomic mass is 10.2. The number of anilines is 2. The number of nitrogens with zero attached hydrogens (tertiary/aromatic N) is 3. The lowest BCUT2D eigenvalue weighted by Gasteiger charge is -2.17. The second-order valence-corrected chi connectivity index (χ2v) is 8.40. The van der Waals surface area contributed by atoms with Crippen LogP contribution in [0.3, 0.4) is 0 Å². The molecule has 0 atom stereocenters. The van der Waals surface area contributed by atoms with Gasteiger partial charge in [0.05, 0.1) is 12.9 Å². The van der Waals surface area contributed by atoms with E-state index in [1.54, 1.807) is 19.1 Å². The van der Waals surface area contributed by atoms with Crippen LogP contribution in [0.15, 0.2) is 52.9 Å². The molecule has 0 saturated carbocycles. The van der Waals surface area contributed by atoms with E-state index in [1.165, 1.54) is 23.1 Å². The van der Waals surface area contributed by atoms with Crippen LogP contribution in [0.25, 0.3) is 0 Å². The lowest BCUT2D eigenvalue weighted by Crippen LogP contribution is -2.27. The third-order valence-corrected chi connectivity index (χ3v) is 6.05. The van der Waals surface area contributed by atoms with Gasteiger partial charge in [0.15, 0.2) is 4.34 Å². The molecule has 1 amide bonds. The fourth-order valence-electron chi connectivity index (χ4n) is 2.51. The molecule has 0 aliphatic heterocycles. The van der Waals surface area contributed by atoms with Gasteiger partial charge in [-0.2, -0.15) is 0 Å². The molecule has 0 spiro atoms. The van der Waals surface area contributed by atoms with E-state index in [0.29, 0.717) is 17.4 Å². The maximum Gasteiger partial charge on any atom is 0.233 e. The summed E-state index contributed by atoms with van der Waals surface area (Å²) in [7, 11) is 3.43. The SMILES string of the molecule is COc1cccc(CN(C)C(=O)CSc2nnc(Nc3ccccc3C)s2)c1. The van der Waals surface area contributed by atoms with Gasteiger partial charge in [0.2, 0.25) is 11.0 Å². The zero-order valence-electron chi connectivity index (χ0n) is 16.0. The number of amides is 1. The van der Waals surface area contributed by atoms with Crippen LogP contribution < -0.4 is 10.1 Å². The monoisotopic (exact) mass is 414 g/mol. The second-order valence-electron chi connectivity index (χ2n) is 6.20. The van der Waals surface area contributed by atoms with Crippen molar-refractivity contribution in [1.82, 2.24) is 15.1 Å². The van der Waals surface area contributed by atoms with E-state index in [4.69, 9.17) is 4.74 Å². The molecule has 0 radical (unpaired) electrons. The van der Waals surface area contributed by atoms with E-state index >= 15 is 0 Å². The Labute approximate surface area is 172 Å². The van der Waals surface area contributed by atoms with E-state index in [0.717, 1.165) is 26.9 Å². The molecule has 1 N–H and O–H groups in total. The largest absolute Gasteiger partial charge is 0.497 e. The summed E-state index contributed by atoms with van der Waals surface area (Å²) in [4.78, 5) is 14.1. The van der Waals surface area contributed by atoms with Crippen molar-refractivity contribution in [3.8, 4) is 5.75 Å². The Kier molecular flexibility index (Phi) is 6.89. The molecule has 6 nitrogen and oxygen atoms in total. The number of thioether (sulfide) groups is 1. The smallest absolute Gasteiger partial charge is 0.233 e. The first-order chi connectivity index (χ1) is 13.5. The first kappa shape index (κ1) is 20.2. The molecule has 0 fully saturated rings. The summed E-state index contributed by atoms with van der Waals surface area (Å²) in [6.07, 6.45) is 0. The highest BCUT2D eigenvalue weighted by Gasteiger charge is 2.13. The van der Waals surface area contributed by atoms with Crippen molar-refractivity contribution in [1.29, 1.82) is 0 Å². The van der Waals surface area contributed by atoms with Crippen LogP contribution in [-0.2, 0) is 11.3 Å². The van der Waals surface area contributed by atoms with Crippen LogP contribution in [0.2, 0.25) is 0 Å². The molecule has 2 aromatic carbocycles. The third-order valence-electron chi connectivity index (χ3n) is 4.09. The Hall–Kier alpha value is -2.58. The minimum Gasteiger partial charge on any atom is -0.497 e. The standard InChI is InChI=1S/C20H22N4O2S2/c1-14-7-4-5-10-17(14)21-19-22-23-20(28-19)27-13-18(25)24(2)12-15-8-6-9-16(11-15)26-3/h4-11H,12-13H2,1-3H3,(H,21,22). The van der Waals surface area contributed by atoms with Gasteiger partial charge < -0.3 is 15.0 Å². The van der Waals surface area contributed by atoms with Crippen LogP contribution in [0.1, 0.15) is 11.1 Å². The average Bonchev–Trinajstić information content (AvgIpc) is 3.15. The van der Waals surface area contributed by atoms with Gasteiger partial charge in [-0.1, -0.05) is 53.4 Å². The van der Waals surface area contributed by atoms with Crippen LogP contribution >= 0.6 is 23.1 Å². The molecular weight excluding hydrogens is 392 g/mol.